The van der Waals surface area contributed by atoms with E-state index in [1.54, 1.807) is 4.68 Å². The number of piperidine rings is 1. The Bertz CT molecular complexity index is 1530. The summed E-state index contributed by atoms with van der Waals surface area (Å²) in [7, 11) is 2.13. The summed E-state index contributed by atoms with van der Waals surface area (Å²) in [6, 6.07) is 18.3. The van der Waals surface area contributed by atoms with Gasteiger partial charge in [0, 0.05) is 11.7 Å². The van der Waals surface area contributed by atoms with Crippen LogP contribution in [0.5, 0.6) is 0 Å². The van der Waals surface area contributed by atoms with Crippen LogP contribution in [-0.4, -0.2) is 61.7 Å². The van der Waals surface area contributed by atoms with Crippen molar-refractivity contribution in [2.45, 2.75) is 38.6 Å². The predicted molar refractivity (Wildman–Crippen MR) is 140 cm³/mol. The number of benzene rings is 2. The topological polar surface area (TPSA) is 66.5 Å². The molecule has 0 amide bonds. The molecule has 1 atom stereocenters. The van der Waals surface area contributed by atoms with Crippen LogP contribution in [0.25, 0.3) is 27.1 Å². The van der Waals surface area contributed by atoms with Gasteiger partial charge in [-0.05, 0) is 63.7 Å². The first-order valence-corrected chi connectivity index (χ1v) is 12.9. The minimum absolute atomic E-state index is 0.0893. The highest BCUT2D eigenvalue weighted by molar-refractivity contribution is 7.20. The fourth-order valence-electron chi connectivity index (χ4n) is 5.44. The Balaban J connectivity index is 1.58. The van der Waals surface area contributed by atoms with Gasteiger partial charge in [0.2, 0.25) is 5.13 Å². The van der Waals surface area contributed by atoms with E-state index in [0.717, 1.165) is 52.8 Å². The van der Waals surface area contributed by atoms with Crippen LogP contribution in [0.3, 0.4) is 0 Å². The summed E-state index contributed by atoms with van der Waals surface area (Å²) in [4.78, 5) is 23.2. The van der Waals surface area contributed by atoms with Gasteiger partial charge in [0.25, 0.3) is 5.56 Å². The Kier molecular flexibility index (Phi) is 5.59. The average Bonchev–Trinajstić information content (AvgIpc) is 3.39. The molecule has 2 aromatic heterocycles. The fourth-order valence-corrected chi connectivity index (χ4v) is 6.41. The van der Waals surface area contributed by atoms with Gasteiger partial charge >= 0.3 is 0 Å². The predicted octanol–water partition coefficient (Wildman–Crippen LogP) is 1.93. The number of hydrogen-bond donors (Lipinski definition) is 1. The van der Waals surface area contributed by atoms with Gasteiger partial charge in [0.05, 0.1) is 27.3 Å². The lowest BCUT2D eigenvalue weighted by atomic mass is 10.0. The summed E-state index contributed by atoms with van der Waals surface area (Å²) >= 11 is 1.51. The molecule has 1 N–H and O–H groups in total. The van der Waals surface area contributed by atoms with Gasteiger partial charge in [-0.2, -0.15) is 4.68 Å². The molecule has 2 aliphatic rings. The van der Waals surface area contributed by atoms with E-state index in [9.17, 15) is 9.90 Å². The van der Waals surface area contributed by atoms with Crippen LogP contribution in [0.4, 0.5) is 0 Å². The maximum atomic E-state index is 14.1. The fraction of sp³-hybridized carbons (Fsp3) is 0.333. The van der Waals surface area contributed by atoms with Crippen molar-refractivity contribution in [3.05, 3.63) is 81.1 Å². The smallest absolute Gasteiger partial charge is 0.283 e. The average molecular weight is 488 g/mol. The number of aliphatic hydroxyl groups excluding tert-OH is 1. The molecule has 0 saturated carbocycles. The molecular weight excluding hydrogens is 458 g/mol. The molecule has 180 valence electrons. The third-order valence-corrected chi connectivity index (χ3v) is 8.26. The van der Waals surface area contributed by atoms with Crippen molar-refractivity contribution in [3.63, 3.8) is 0 Å². The van der Waals surface area contributed by atoms with Gasteiger partial charge < -0.3 is 14.9 Å². The summed E-state index contributed by atoms with van der Waals surface area (Å²) in [6.07, 6.45) is 2.99. The van der Waals surface area contributed by atoms with Gasteiger partial charge in [-0.15, -0.1) is 0 Å². The van der Waals surface area contributed by atoms with Crippen LogP contribution in [0.2, 0.25) is 0 Å². The minimum Gasteiger partial charge on any atom is -0.370 e. The molecule has 2 aliphatic heterocycles. The van der Waals surface area contributed by atoms with Crippen molar-refractivity contribution in [3.8, 4) is 5.13 Å². The van der Waals surface area contributed by atoms with Gasteiger partial charge in [-0.1, -0.05) is 53.8 Å². The highest BCUT2D eigenvalue weighted by Gasteiger charge is 2.32. The van der Waals surface area contributed by atoms with E-state index in [0.29, 0.717) is 16.9 Å². The van der Waals surface area contributed by atoms with E-state index in [1.807, 2.05) is 65.0 Å². The number of thiazole rings is 1. The maximum Gasteiger partial charge on any atom is 0.283 e. The number of likely N-dealkylation sites (tertiary alicyclic amines) is 1. The Hall–Kier alpha value is -3.20. The Morgan fingerprint density at radius 3 is 2.51 bits per heavy atom. The van der Waals surface area contributed by atoms with Crippen molar-refractivity contribution in [2.75, 3.05) is 20.1 Å². The summed E-state index contributed by atoms with van der Waals surface area (Å²) in [5, 5.41) is 13.3. The number of aliphatic hydroxyl groups is 1. The van der Waals surface area contributed by atoms with Gasteiger partial charge in [-0.3, -0.25) is 9.48 Å². The SMILES string of the molecule is CC1=c2c(n(Cc3ccccc3)n(-c3nc4ccccc4s3)c2=O)=CC(O)N1C1CCN(C)CC1. The van der Waals surface area contributed by atoms with Crippen LogP contribution >= 0.6 is 11.3 Å². The molecule has 4 heterocycles. The number of hydrogen-bond acceptors (Lipinski definition) is 6. The second-order valence-electron chi connectivity index (χ2n) is 9.49. The lowest BCUT2D eigenvalue weighted by Gasteiger charge is -2.41. The zero-order valence-corrected chi connectivity index (χ0v) is 20.8. The monoisotopic (exact) mass is 487 g/mol. The lowest BCUT2D eigenvalue weighted by Crippen LogP contribution is -2.54. The van der Waals surface area contributed by atoms with Gasteiger partial charge in [0.15, 0.2) is 0 Å². The second kappa shape index (κ2) is 8.78. The molecule has 6 rings (SSSR count). The molecular formula is C27H29N5O2S. The molecule has 0 spiro atoms. The third kappa shape index (κ3) is 3.82. The minimum atomic E-state index is -0.774. The first-order valence-electron chi connectivity index (χ1n) is 12.1. The van der Waals surface area contributed by atoms with Crippen molar-refractivity contribution >= 4 is 33.3 Å². The van der Waals surface area contributed by atoms with Crippen molar-refractivity contribution in [1.29, 1.82) is 0 Å². The van der Waals surface area contributed by atoms with Gasteiger partial charge in [0.1, 0.15) is 6.23 Å². The molecule has 35 heavy (non-hydrogen) atoms. The molecule has 1 fully saturated rings. The lowest BCUT2D eigenvalue weighted by molar-refractivity contribution is 0.0423. The quantitative estimate of drug-likeness (QED) is 0.477. The molecule has 4 aromatic rings. The van der Waals surface area contributed by atoms with E-state index in [4.69, 9.17) is 4.98 Å². The standard InChI is InChI=1S/C27H29N5O2S/c1-18-25-22(16-24(33)31(18)20-12-14-29(2)15-13-20)30(17-19-8-4-3-5-9-19)32(26(25)34)27-28-21-10-6-7-11-23(21)35-27/h3-11,16,20,24,33H,12-15,17H2,1-2H3. The van der Waals surface area contributed by atoms with Crippen LogP contribution in [0.15, 0.2) is 59.4 Å². The number of nitrogens with zero attached hydrogens (tertiary/aromatic N) is 5. The summed E-state index contributed by atoms with van der Waals surface area (Å²) < 4.78 is 4.72. The number of fused-ring (bicyclic) bond motifs is 2. The van der Waals surface area contributed by atoms with Crippen LogP contribution in [0, 0.1) is 0 Å². The number of rotatable bonds is 4. The molecule has 7 nitrogen and oxygen atoms in total. The summed E-state index contributed by atoms with van der Waals surface area (Å²) in [6.45, 7) is 4.45. The first-order chi connectivity index (χ1) is 17.0. The molecule has 2 aromatic carbocycles. The van der Waals surface area contributed by atoms with E-state index in [2.05, 4.69) is 24.1 Å². The summed E-state index contributed by atoms with van der Waals surface area (Å²) in [5.74, 6) is 0. The van der Waals surface area contributed by atoms with Crippen molar-refractivity contribution in [1.82, 2.24) is 24.1 Å². The van der Waals surface area contributed by atoms with Gasteiger partial charge in [-0.25, -0.2) is 4.98 Å². The van der Waals surface area contributed by atoms with Crippen LogP contribution in [-0.2, 0) is 6.54 Å². The normalized spacial score (nSPS) is 19.2. The molecule has 0 radical (unpaired) electrons. The molecule has 8 heteroatoms. The first kappa shape index (κ1) is 22.3. The van der Waals surface area contributed by atoms with E-state index < -0.39 is 6.23 Å². The highest BCUT2D eigenvalue weighted by atomic mass is 32.1. The Morgan fingerprint density at radius 2 is 1.77 bits per heavy atom. The Morgan fingerprint density at radius 1 is 1.06 bits per heavy atom. The van der Waals surface area contributed by atoms with Crippen LogP contribution in [0.1, 0.15) is 25.3 Å². The highest BCUT2D eigenvalue weighted by Crippen LogP contribution is 2.25. The molecule has 1 saturated heterocycles. The zero-order chi connectivity index (χ0) is 24.1. The van der Waals surface area contributed by atoms with Crippen molar-refractivity contribution in [2.24, 2.45) is 0 Å². The van der Waals surface area contributed by atoms with E-state index >= 15 is 0 Å². The molecule has 0 bridgehead atoms. The number of para-hydroxylation sites is 1. The zero-order valence-electron chi connectivity index (χ0n) is 20.0. The number of aromatic nitrogens is 3. The van der Waals surface area contributed by atoms with E-state index in [1.165, 1.54) is 11.3 Å². The Labute approximate surface area is 207 Å². The summed E-state index contributed by atoms with van der Waals surface area (Å²) in [5.41, 5.74) is 2.71. The molecule has 0 aliphatic carbocycles. The van der Waals surface area contributed by atoms with Crippen LogP contribution < -0.4 is 16.1 Å². The third-order valence-electron chi connectivity index (χ3n) is 7.24. The second-order valence-corrected chi connectivity index (χ2v) is 10.5. The van der Waals surface area contributed by atoms with E-state index in [-0.39, 0.29) is 11.6 Å². The largest absolute Gasteiger partial charge is 0.370 e. The van der Waals surface area contributed by atoms with Crippen molar-refractivity contribution < 1.29 is 5.11 Å². The molecule has 1 unspecified atom stereocenters. The maximum absolute atomic E-state index is 14.1.